The Labute approximate surface area is 89.1 Å². The minimum atomic E-state index is 0.370. The largest absolute Gasteiger partial charge is 0.508 e. The molecule has 0 bridgehead atoms. The zero-order chi connectivity index (χ0) is 10.1. The van der Waals surface area contributed by atoms with Gasteiger partial charge >= 0.3 is 0 Å². The van der Waals surface area contributed by atoms with Crippen molar-refractivity contribution in [3.05, 3.63) is 28.8 Å². The Balaban J connectivity index is 2.27. The lowest BCUT2D eigenvalue weighted by Crippen LogP contribution is -2.13. The van der Waals surface area contributed by atoms with E-state index in [2.05, 4.69) is 11.9 Å². The van der Waals surface area contributed by atoms with Gasteiger partial charge in [0.1, 0.15) is 5.75 Å². The number of aromatic hydroxyl groups is 1. The van der Waals surface area contributed by atoms with Crippen molar-refractivity contribution in [3.8, 4) is 5.75 Å². The SMILES string of the molecule is CN1CCC(c2cc(Cl)ccc2O)C1. The first-order chi connectivity index (χ1) is 6.66. The number of hydrogen-bond donors (Lipinski definition) is 1. The van der Waals surface area contributed by atoms with E-state index in [1.54, 1.807) is 12.1 Å². The Bertz CT molecular complexity index is 340. The fourth-order valence-electron chi connectivity index (χ4n) is 2.04. The molecule has 14 heavy (non-hydrogen) atoms. The van der Waals surface area contributed by atoms with Gasteiger partial charge in [-0.15, -0.1) is 0 Å². The summed E-state index contributed by atoms with van der Waals surface area (Å²) in [5.74, 6) is 0.799. The molecule has 0 saturated carbocycles. The van der Waals surface area contributed by atoms with Gasteiger partial charge in [-0.05, 0) is 43.8 Å². The van der Waals surface area contributed by atoms with E-state index in [0.717, 1.165) is 25.1 Å². The predicted molar refractivity (Wildman–Crippen MR) is 58.0 cm³/mol. The maximum Gasteiger partial charge on any atom is 0.119 e. The van der Waals surface area contributed by atoms with Gasteiger partial charge in [0.2, 0.25) is 0 Å². The first-order valence-electron chi connectivity index (χ1n) is 4.84. The lowest BCUT2D eigenvalue weighted by Gasteiger charge is -2.12. The molecule has 1 saturated heterocycles. The second kappa shape index (κ2) is 3.79. The molecule has 1 atom stereocenters. The molecule has 1 N–H and O–H groups in total. The molecule has 0 aromatic heterocycles. The first kappa shape index (κ1) is 9.81. The molecular weight excluding hydrogens is 198 g/mol. The fraction of sp³-hybridized carbons (Fsp3) is 0.455. The first-order valence-corrected chi connectivity index (χ1v) is 5.21. The molecule has 1 aromatic carbocycles. The van der Waals surface area contributed by atoms with Crippen molar-refractivity contribution < 1.29 is 5.11 Å². The van der Waals surface area contributed by atoms with E-state index in [1.807, 2.05) is 6.07 Å². The van der Waals surface area contributed by atoms with E-state index < -0.39 is 0 Å². The van der Waals surface area contributed by atoms with E-state index in [4.69, 9.17) is 11.6 Å². The Morgan fingerprint density at radius 1 is 1.50 bits per heavy atom. The Morgan fingerprint density at radius 3 is 2.93 bits per heavy atom. The van der Waals surface area contributed by atoms with Gasteiger partial charge < -0.3 is 10.0 Å². The van der Waals surface area contributed by atoms with Crippen LogP contribution in [-0.2, 0) is 0 Å². The second-order valence-electron chi connectivity index (χ2n) is 3.95. The van der Waals surface area contributed by atoms with Crippen LogP contribution in [0.3, 0.4) is 0 Å². The highest BCUT2D eigenvalue weighted by Gasteiger charge is 2.23. The molecule has 0 amide bonds. The van der Waals surface area contributed by atoms with Crippen LogP contribution in [0.1, 0.15) is 17.9 Å². The molecule has 1 heterocycles. The third-order valence-electron chi connectivity index (χ3n) is 2.82. The third-order valence-corrected chi connectivity index (χ3v) is 3.06. The summed E-state index contributed by atoms with van der Waals surface area (Å²) in [6.45, 7) is 2.10. The number of hydrogen-bond acceptors (Lipinski definition) is 2. The van der Waals surface area contributed by atoms with Crippen LogP contribution in [-0.4, -0.2) is 30.1 Å². The fourth-order valence-corrected chi connectivity index (χ4v) is 2.22. The normalized spacial score (nSPS) is 22.9. The summed E-state index contributed by atoms with van der Waals surface area (Å²) in [6.07, 6.45) is 1.10. The number of benzene rings is 1. The summed E-state index contributed by atoms with van der Waals surface area (Å²) in [4.78, 5) is 2.27. The van der Waals surface area contributed by atoms with Gasteiger partial charge in [-0.1, -0.05) is 11.6 Å². The number of phenols is 1. The van der Waals surface area contributed by atoms with Gasteiger partial charge in [-0.2, -0.15) is 0 Å². The van der Waals surface area contributed by atoms with Gasteiger partial charge in [0, 0.05) is 17.5 Å². The van der Waals surface area contributed by atoms with Gasteiger partial charge in [0.25, 0.3) is 0 Å². The minimum Gasteiger partial charge on any atom is -0.508 e. The van der Waals surface area contributed by atoms with Crippen molar-refractivity contribution in [2.75, 3.05) is 20.1 Å². The average molecular weight is 212 g/mol. The van der Waals surface area contributed by atoms with Crippen LogP contribution in [0.2, 0.25) is 5.02 Å². The van der Waals surface area contributed by atoms with Crippen molar-refractivity contribution >= 4 is 11.6 Å². The number of nitrogens with zero attached hydrogens (tertiary/aromatic N) is 1. The maximum atomic E-state index is 9.70. The molecule has 2 rings (SSSR count). The molecule has 1 aliphatic heterocycles. The number of halogens is 1. The zero-order valence-corrected chi connectivity index (χ0v) is 8.96. The topological polar surface area (TPSA) is 23.5 Å². The molecule has 0 aliphatic carbocycles. The lowest BCUT2D eigenvalue weighted by atomic mass is 9.97. The summed E-state index contributed by atoms with van der Waals surface area (Å²) >= 11 is 5.91. The summed E-state index contributed by atoms with van der Waals surface area (Å²) in [6, 6.07) is 5.27. The average Bonchev–Trinajstić information content (AvgIpc) is 2.56. The summed E-state index contributed by atoms with van der Waals surface area (Å²) in [7, 11) is 2.10. The van der Waals surface area contributed by atoms with E-state index in [-0.39, 0.29) is 0 Å². The Hall–Kier alpha value is -0.730. The van der Waals surface area contributed by atoms with E-state index >= 15 is 0 Å². The van der Waals surface area contributed by atoms with Gasteiger partial charge in [-0.25, -0.2) is 0 Å². The summed E-state index contributed by atoms with van der Waals surface area (Å²) in [5.41, 5.74) is 0.988. The smallest absolute Gasteiger partial charge is 0.119 e. The van der Waals surface area contributed by atoms with E-state index in [9.17, 15) is 5.11 Å². The zero-order valence-electron chi connectivity index (χ0n) is 8.20. The van der Waals surface area contributed by atoms with Crippen molar-refractivity contribution in [1.82, 2.24) is 4.90 Å². The Morgan fingerprint density at radius 2 is 2.29 bits per heavy atom. The molecule has 1 unspecified atom stereocenters. The highest BCUT2D eigenvalue weighted by atomic mass is 35.5. The number of likely N-dealkylation sites (tertiary alicyclic amines) is 1. The van der Waals surface area contributed by atoms with Gasteiger partial charge in [0.05, 0.1) is 0 Å². The van der Waals surface area contributed by atoms with Crippen molar-refractivity contribution in [3.63, 3.8) is 0 Å². The molecule has 1 aromatic rings. The summed E-state index contributed by atoms with van der Waals surface area (Å²) < 4.78 is 0. The van der Waals surface area contributed by atoms with Gasteiger partial charge in [0.15, 0.2) is 0 Å². The van der Waals surface area contributed by atoms with Crippen LogP contribution in [0.5, 0.6) is 5.75 Å². The van der Waals surface area contributed by atoms with Crippen LogP contribution in [0.25, 0.3) is 0 Å². The number of phenolic OH excluding ortho intramolecular Hbond substituents is 1. The molecule has 0 spiro atoms. The minimum absolute atomic E-state index is 0.370. The van der Waals surface area contributed by atoms with Crippen LogP contribution in [0.15, 0.2) is 18.2 Å². The lowest BCUT2D eigenvalue weighted by molar-refractivity contribution is 0.408. The molecule has 1 aliphatic rings. The Kier molecular flexibility index (Phi) is 2.66. The van der Waals surface area contributed by atoms with Crippen LogP contribution in [0.4, 0.5) is 0 Å². The third kappa shape index (κ3) is 1.86. The number of rotatable bonds is 1. The molecule has 0 radical (unpaired) electrons. The number of likely N-dealkylation sites (N-methyl/N-ethyl adjacent to an activating group) is 1. The summed E-state index contributed by atoms with van der Waals surface area (Å²) in [5, 5.41) is 10.4. The van der Waals surface area contributed by atoms with Crippen molar-refractivity contribution in [1.29, 1.82) is 0 Å². The second-order valence-corrected chi connectivity index (χ2v) is 4.39. The quantitative estimate of drug-likeness (QED) is 0.772. The highest BCUT2D eigenvalue weighted by Crippen LogP contribution is 2.33. The molecule has 2 nitrogen and oxygen atoms in total. The highest BCUT2D eigenvalue weighted by molar-refractivity contribution is 6.30. The monoisotopic (exact) mass is 211 g/mol. The van der Waals surface area contributed by atoms with Crippen LogP contribution in [0, 0.1) is 0 Å². The molecule has 1 fully saturated rings. The maximum absolute atomic E-state index is 9.70. The van der Waals surface area contributed by atoms with Crippen molar-refractivity contribution in [2.24, 2.45) is 0 Å². The van der Waals surface area contributed by atoms with Crippen LogP contribution < -0.4 is 0 Å². The van der Waals surface area contributed by atoms with E-state index in [1.165, 1.54) is 0 Å². The molecule has 3 heteroatoms. The van der Waals surface area contributed by atoms with Crippen molar-refractivity contribution in [2.45, 2.75) is 12.3 Å². The molecule has 76 valence electrons. The van der Waals surface area contributed by atoms with Gasteiger partial charge in [-0.3, -0.25) is 0 Å². The van der Waals surface area contributed by atoms with Crippen LogP contribution >= 0.6 is 11.6 Å². The predicted octanol–water partition coefficient (Wildman–Crippen LogP) is 2.46. The molecular formula is C11H14ClNO. The standard InChI is InChI=1S/C11H14ClNO/c1-13-5-4-8(7-13)10-6-9(12)2-3-11(10)14/h2-3,6,8,14H,4-5,7H2,1H3. The van der Waals surface area contributed by atoms with E-state index in [0.29, 0.717) is 16.7 Å².